The summed E-state index contributed by atoms with van der Waals surface area (Å²) in [5.74, 6) is 0.264. The van der Waals surface area contributed by atoms with Gasteiger partial charge in [0.15, 0.2) is 5.11 Å². The van der Waals surface area contributed by atoms with Crippen molar-refractivity contribution in [2.24, 2.45) is 0 Å². The molecule has 1 amide bonds. The molecule has 23 heavy (non-hydrogen) atoms. The smallest absolute Gasteiger partial charge is 0.257 e. The summed E-state index contributed by atoms with van der Waals surface area (Å²) in [5, 5.41) is 6.32. The molecule has 0 aliphatic heterocycles. The quantitative estimate of drug-likeness (QED) is 0.779. The molecule has 0 fully saturated rings. The van der Waals surface area contributed by atoms with E-state index in [2.05, 4.69) is 10.6 Å². The number of benzene rings is 2. The molecule has 0 saturated carbocycles. The Hall–Kier alpha value is -1.82. The number of halogens is 2. The Bertz CT molecular complexity index is 718. The maximum atomic E-state index is 12.2. The first kappa shape index (κ1) is 17.5. The molecular weight excluding hydrogens is 355 g/mol. The third-order valence-corrected chi connectivity index (χ3v) is 3.67. The monoisotopic (exact) mass is 368 g/mol. The second kappa shape index (κ2) is 8.15. The maximum absolute atomic E-state index is 12.2. The summed E-state index contributed by atoms with van der Waals surface area (Å²) in [5.41, 5.74) is 0.884. The average Bonchev–Trinajstić information content (AvgIpc) is 2.52. The molecule has 0 unspecified atom stereocenters. The van der Waals surface area contributed by atoms with Crippen molar-refractivity contribution >= 4 is 52.1 Å². The highest BCUT2D eigenvalue weighted by molar-refractivity contribution is 7.80. The molecule has 0 heterocycles. The van der Waals surface area contributed by atoms with Gasteiger partial charge in [0.05, 0.1) is 22.3 Å². The van der Waals surface area contributed by atoms with Gasteiger partial charge in [-0.05, 0) is 49.5 Å². The predicted molar refractivity (Wildman–Crippen MR) is 97.8 cm³/mol. The van der Waals surface area contributed by atoms with E-state index in [4.69, 9.17) is 40.2 Å². The van der Waals surface area contributed by atoms with Gasteiger partial charge in [-0.1, -0.05) is 35.3 Å². The Morgan fingerprint density at radius 1 is 1.17 bits per heavy atom. The number of hydrogen-bond acceptors (Lipinski definition) is 3. The van der Waals surface area contributed by atoms with E-state index in [1.54, 1.807) is 42.5 Å². The Kier molecular flexibility index (Phi) is 6.21. The maximum Gasteiger partial charge on any atom is 0.257 e. The van der Waals surface area contributed by atoms with Gasteiger partial charge in [-0.3, -0.25) is 10.1 Å². The summed E-state index contributed by atoms with van der Waals surface area (Å²) in [4.78, 5) is 12.2. The van der Waals surface area contributed by atoms with Gasteiger partial charge < -0.3 is 10.1 Å². The van der Waals surface area contributed by atoms with Crippen LogP contribution in [0.15, 0.2) is 42.5 Å². The molecule has 0 saturated heterocycles. The fourth-order valence-corrected chi connectivity index (χ4v) is 2.52. The topological polar surface area (TPSA) is 50.4 Å². The normalized spacial score (nSPS) is 10.0. The zero-order chi connectivity index (χ0) is 16.8. The SMILES string of the molecule is CCOc1cccc(C(=O)NC(=S)Nc2c(Cl)cccc2Cl)c1. The first-order chi connectivity index (χ1) is 11.0. The van der Waals surface area contributed by atoms with Crippen LogP contribution in [0, 0.1) is 0 Å². The molecular formula is C16H14Cl2N2O2S. The van der Waals surface area contributed by atoms with Crippen LogP contribution in [0.1, 0.15) is 17.3 Å². The molecule has 2 aromatic carbocycles. The van der Waals surface area contributed by atoms with Gasteiger partial charge in [-0.25, -0.2) is 0 Å². The van der Waals surface area contributed by atoms with Crippen molar-refractivity contribution in [2.45, 2.75) is 6.92 Å². The molecule has 0 spiro atoms. The zero-order valence-corrected chi connectivity index (χ0v) is 14.6. The van der Waals surface area contributed by atoms with Gasteiger partial charge in [-0.2, -0.15) is 0 Å². The van der Waals surface area contributed by atoms with E-state index in [9.17, 15) is 4.79 Å². The van der Waals surface area contributed by atoms with E-state index in [1.165, 1.54) is 0 Å². The highest BCUT2D eigenvalue weighted by Gasteiger charge is 2.11. The molecule has 4 nitrogen and oxygen atoms in total. The van der Waals surface area contributed by atoms with Crippen LogP contribution in [0.4, 0.5) is 5.69 Å². The van der Waals surface area contributed by atoms with E-state index in [0.717, 1.165) is 0 Å². The van der Waals surface area contributed by atoms with Crippen LogP contribution in [0.3, 0.4) is 0 Å². The minimum atomic E-state index is -0.354. The molecule has 0 aliphatic rings. The molecule has 0 atom stereocenters. The molecule has 120 valence electrons. The molecule has 2 aromatic rings. The van der Waals surface area contributed by atoms with Crippen LogP contribution in [-0.2, 0) is 0 Å². The van der Waals surface area contributed by atoms with Gasteiger partial charge >= 0.3 is 0 Å². The van der Waals surface area contributed by atoms with Crippen LogP contribution in [0.2, 0.25) is 10.0 Å². The van der Waals surface area contributed by atoms with Crippen LogP contribution < -0.4 is 15.4 Å². The molecule has 2 rings (SSSR count). The van der Waals surface area contributed by atoms with Crippen molar-refractivity contribution in [3.8, 4) is 5.75 Å². The lowest BCUT2D eigenvalue weighted by Gasteiger charge is -2.12. The number of nitrogens with one attached hydrogen (secondary N) is 2. The zero-order valence-electron chi connectivity index (χ0n) is 12.2. The van der Waals surface area contributed by atoms with Crippen molar-refractivity contribution in [3.63, 3.8) is 0 Å². The van der Waals surface area contributed by atoms with Gasteiger partial charge in [-0.15, -0.1) is 0 Å². The lowest BCUT2D eigenvalue weighted by Crippen LogP contribution is -2.34. The van der Waals surface area contributed by atoms with Crippen molar-refractivity contribution in [1.82, 2.24) is 5.32 Å². The summed E-state index contributed by atoms with van der Waals surface area (Å²) in [7, 11) is 0. The largest absolute Gasteiger partial charge is 0.494 e. The lowest BCUT2D eigenvalue weighted by atomic mass is 10.2. The van der Waals surface area contributed by atoms with E-state index >= 15 is 0 Å². The molecule has 0 aromatic heterocycles. The highest BCUT2D eigenvalue weighted by Crippen LogP contribution is 2.29. The molecule has 0 radical (unpaired) electrons. The number of hydrogen-bond donors (Lipinski definition) is 2. The van der Waals surface area contributed by atoms with Crippen molar-refractivity contribution < 1.29 is 9.53 Å². The van der Waals surface area contributed by atoms with Gasteiger partial charge in [0.2, 0.25) is 0 Å². The highest BCUT2D eigenvalue weighted by atomic mass is 35.5. The van der Waals surface area contributed by atoms with Crippen molar-refractivity contribution in [3.05, 3.63) is 58.1 Å². The number of anilines is 1. The summed E-state index contributed by atoms with van der Waals surface area (Å²) in [6.45, 7) is 2.40. The van der Waals surface area contributed by atoms with Crippen molar-refractivity contribution in [1.29, 1.82) is 0 Å². The Morgan fingerprint density at radius 3 is 2.48 bits per heavy atom. The number of amides is 1. The van der Waals surface area contributed by atoms with E-state index in [0.29, 0.717) is 33.7 Å². The second-order valence-electron chi connectivity index (χ2n) is 4.47. The van der Waals surface area contributed by atoms with Gasteiger partial charge in [0.1, 0.15) is 5.75 Å². The van der Waals surface area contributed by atoms with Crippen LogP contribution in [0.25, 0.3) is 0 Å². The number of carbonyl (C=O) groups is 1. The van der Waals surface area contributed by atoms with E-state index < -0.39 is 0 Å². The number of rotatable bonds is 4. The number of carbonyl (C=O) groups excluding carboxylic acids is 1. The minimum Gasteiger partial charge on any atom is -0.494 e. The van der Waals surface area contributed by atoms with Crippen LogP contribution in [-0.4, -0.2) is 17.6 Å². The predicted octanol–water partition coefficient (Wildman–Crippen LogP) is 4.52. The van der Waals surface area contributed by atoms with Gasteiger partial charge in [0, 0.05) is 5.56 Å². The third-order valence-electron chi connectivity index (χ3n) is 2.84. The van der Waals surface area contributed by atoms with E-state index in [1.807, 2.05) is 6.92 Å². The fraction of sp³-hybridized carbons (Fsp3) is 0.125. The molecule has 2 N–H and O–H groups in total. The lowest BCUT2D eigenvalue weighted by molar-refractivity contribution is 0.0977. The molecule has 0 aliphatic carbocycles. The second-order valence-corrected chi connectivity index (χ2v) is 5.69. The number of para-hydroxylation sites is 1. The standard InChI is InChI=1S/C16H14Cl2N2O2S/c1-2-22-11-6-3-5-10(9-11)15(21)20-16(23)19-14-12(17)7-4-8-13(14)18/h3-9H,2H2,1H3,(H2,19,20,21,23). The van der Waals surface area contributed by atoms with Crippen LogP contribution in [0.5, 0.6) is 5.75 Å². The summed E-state index contributed by atoms with van der Waals surface area (Å²) >= 11 is 17.2. The fourth-order valence-electron chi connectivity index (χ4n) is 1.83. The first-order valence-corrected chi connectivity index (χ1v) is 7.97. The Balaban J connectivity index is 2.05. The summed E-state index contributed by atoms with van der Waals surface area (Å²) in [6, 6.07) is 11.9. The average molecular weight is 369 g/mol. The van der Waals surface area contributed by atoms with Crippen molar-refractivity contribution in [2.75, 3.05) is 11.9 Å². The Labute approximate surface area is 149 Å². The van der Waals surface area contributed by atoms with Gasteiger partial charge in [0.25, 0.3) is 5.91 Å². The summed E-state index contributed by atoms with van der Waals surface area (Å²) in [6.07, 6.45) is 0. The van der Waals surface area contributed by atoms with E-state index in [-0.39, 0.29) is 11.0 Å². The molecule has 7 heteroatoms. The van der Waals surface area contributed by atoms with Crippen LogP contribution >= 0.6 is 35.4 Å². The number of ether oxygens (including phenoxy) is 1. The number of thiocarbonyl (C=S) groups is 1. The Morgan fingerprint density at radius 2 is 1.83 bits per heavy atom. The summed E-state index contributed by atoms with van der Waals surface area (Å²) < 4.78 is 5.37. The first-order valence-electron chi connectivity index (χ1n) is 6.80. The molecule has 0 bridgehead atoms. The third kappa shape index (κ3) is 4.82. The minimum absolute atomic E-state index is 0.104.